The van der Waals surface area contributed by atoms with Crippen molar-refractivity contribution in [3.8, 4) is 0 Å². The number of nitrogens with two attached hydrogens (primary N) is 1. The minimum atomic E-state index is 0.134. The zero-order chi connectivity index (χ0) is 13.4. The van der Waals surface area contributed by atoms with E-state index in [4.69, 9.17) is 17.3 Å². The Morgan fingerprint density at radius 2 is 1.95 bits per heavy atom. The Labute approximate surface area is 118 Å². The fraction of sp³-hybridized carbons (Fsp3) is 0.533. The van der Waals surface area contributed by atoms with Crippen molar-refractivity contribution in [2.45, 2.75) is 31.2 Å². The highest BCUT2D eigenvalue weighted by molar-refractivity contribution is 6.31. The maximum atomic E-state index is 12.4. The van der Waals surface area contributed by atoms with Gasteiger partial charge in [0.2, 0.25) is 5.91 Å². The van der Waals surface area contributed by atoms with E-state index in [-0.39, 0.29) is 17.9 Å². The fourth-order valence-corrected chi connectivity index (χ4v) is 3.22. The molecule has 3 rings (SSSR count). The average molecular weight is 279 g/mol. The molecule has 1 saturated heterocycles. The van der Waals surface area contributed by atoms with Gasteiger partial charge in [0.15, 0.2) is 0 Å². The Morgan fingerprint density at radius 1 is 1.26 bits per heavy atom. The van der Waals surface area contributed by atoms with E-state index in [0.29, 0.717) is 5.92 Å². The predicted octanol–water partition coefficient (Wildman–Crippen LogP) is 2.39. The Balaban J connectivity index is 1.63. The molecule has 1 amide bonds. The lowest BCUT2D eigenvalue weighted by Gasteiger charge is -2.30. The molecule has 3 nitrogen and oxygen atoms in total. The van der Waals surface area contributed by atoms with Gasteiger partial charge in [0.1, 0.15) is 0 Å². The van der Waals surface area contributed by atoms with Crippen LogP contribution in [0.15, 0.2) is 24.3 Å². The molecule has 1 saturated carbocycles. The quantitative estimate of drug-likeness (QED) is 0.903. The van der Waals surface area contributed by atoms with E-state index in [2.05, 4.69) is 0 Å². The minimum absolute atomic E-state index is 0.134. The van der Waals surface area contributed by atoms with Crippen LogP contribution in [0.3, 0.4) is 0 Å². The van der Waals surface area contributed by atoms with E-state index in [1.54, 1.807) is 0 Å². The van der Waals surface area contributed by atoms with Gasteiger partial charge in [0.05, 0.1) is 0 Å². The number of carbonyl (C=O) groups is 1. The molecule has 2 N–H and O–H groups in total. The van der Waals surface area contributed by atoms with Gasteiger partial charge in [-0.15, -0.1) is 0 Å². The second-order valence-electron chi connectivity index (χ2n) is 5.63. The molecule has 1 aliphatic carbocycles. The lowest BCUT2D eigenvalue weighted by molar-refractivity contribution is -0.133. The topological polar surface area (TPSA) is 46.3 Å². The number of hydrogen-bond acceptors (Lipinski definition) is 2. The lowest BCUT2D eigenvalue weighted by Crippen LogP contribution is -2.43. The van der Waals surface area contributed by atoms with Crippen molar-refractivity contribution < 1.29 is 4.79 Å². The molecule has 0 bridgehead atoms. The molecule has 1 aliphatic heterocycles. The maximum Gasteiger partial charge on any atom is 0.226 e. The van der Waals surface area contributed by atoms with Crippen LogP contribution in [0.25, 0.3) is 0 Å². The van der Waals surface area contributed by atoms with Crippen molar-refractivity contribution in [1.82, 2.24) is 4.90 Å². The van der Waals surface area contributed by atoms with Crippen LogP contribution in [0.4, 0.5) is 0 Å². The third-order valence-electron chi connectivity index (χ3n) is 4.26. The summed E-state index contributed by atoms with van der Waals surface area (Å²) in [5.74, 6) is 0.739. The first-order chi connectivity index (χ1) is 9.16. The summed E-state index contributed by atoms with van der Waals surface area (Å²) >= 11 is 6.19. The summed E-state index contributed by atoms with van der Waals surface area (Å²) in [5, 5.41) is 0.781. The first-order valence-electron chi connectivity index (χ1n) is 6.95. The third kappa shape index (κ3) is 2.63. The number of benzene rings is 1. The number of halogens is 1. The number of amides is 1. The predicted molar refractivity (Wildman–Crippen MR) is 76.1 cm³/mol. The third-order valence-corrected chi connectivity index (χ3v) is 4.61. The number of carbonyl (C=O) groups excluding carboxylic acids is 1. The summed E-state index contributed by atoms with van der Waals surface area (Å²) in [6.07, 6.45) is 2.79. The van der Waals surface area contributed by atoms with Crippen molar-refractivity contribution in [2.24, 2.45) is 11.7 Å². The number of nitrogens with zero attached hydrogens (tertiary/aromatic N) is 1. The lowest BCUT2D eigenvalue weighted by atomic mass is 10.0. The second kappa shape index (κ2) is 5.14. The summed E-state index contributed by atoms with van der Waals surface area (Å²) in [4.78, 5) is 14.4. The molecule has 0 unspecified atom stereocenters. The number of likely N-dealkylation sites (tertiary alicyclic amines) is 1. The first-order valence-corrected chi connectivity index (χ1v) is 7.33. The minimum Gasteiger partial charge on any atom is -0.342 e. The summed E-state index contributed by atoms with van der Waals surface area (Å²) in [6.45, 7) is 1.62. The van der Waals surface area contributed by atoms with Crippen molar-refractivity contribution in [1.29, 1.82) is 0 Å². The summed E-state index contributed by atoms with van der Waals surface area (Å²) in [7, 11) is 0. The molecule has 1 heterocycles. The summed E-state index contributed by atoms with van der Waals surface area (Å²) in [5.41, 5.74) is 6.99. The van der Waals surface area contributed by atoms with Gasteiger partial charge in [-0.25, -0.2) is 0 Å². The van der Waals surface area contributed by atoms with Gasteiger partial charge in [-0.1, -0.05) is 29.8 Å². The molecule has 4 heteroatoms. The monoisotopic (exact) mass is 278 g/mol. The standard InChI is InChI=1S/C15H19ClN2O/c16-14-4-2-1-3-11(14)12-9-13(12)15(19)18-7-5-10(17)6-8-18/h1-4,10,12-13H,5-9,17H2/t12-,13-/m0/s1. The van der Waals surface area contributed by atoms with E-state index in [9.17, 15) is 4.79 Å². The van der Waals surface area contributed by atoms with Crippen LogP contribution < -0.4 is 5.73 Å². The number of rotatable bonds is 2. The van der Waals surface area contributed by atoms with Crippen LogP contribution >= 0.6 is 11.6 Å². The van der Waals surface area contributed by atoms with Crippen molar-refractivity contribution >= 4 is 17.5 Å². The number of piperidine rings is 1. The van der Waals surface area contributed by atoms with Crippen LogP contribution in [-0.2, 0) is 4.79 Å². The first kappa shape index (κ1) is 12.9. The molecule has 0 spiro atoms. The van der Waals surface area contributed by atoms with Gasteiger partial charge in [-0.2, -0.15) is 0 Å². The van der Waals surface area contributed by atoms with Gasteiger partial charge < -0.3 is 10.6 Å². The number of hydrogen-bond donors (Lipinski definition) is 1. The van der Waals surface area contributed by atoms with Crippen LogP contribution in [0.1, 0.15) is 30.7 Å². The average Bonchev–Trinajstić information content (AvgIpc) is 3.19. The molecule has 1 aromatic rings. The Morgan fingerprint density at radius 3 is 2.63 bits per heavy atom. The summed E-state index contributed by atoms with van der Waals surface area (Å²) in [6, 6.07) is 8.11. The Hall–Kier alpha value is -1.06. The molecule has 2 fully saturated rings. The maximum absolute atomic E-state index is 12.4. The van der Waals surface area contributed by atoms with Gasteiger partial charge in [0.25, 0.3) is 0 Å². The largest absolute Gasteiger partial charge is 0.342 e. The van der Waals surface area contributed by atoms with Crippen molar-refractivity contribution in [3.63, 3.8) is 0 Å². The van der Waals surface area contributed by atoms with Gasteiger partial charge in [-0.3, -0.25) is 4.79 Å². The molecular formula is C15H19ClN2O. The Kier molecular flexibility index (Phi) is 3.50. The molecular weight excluding hydrogens is 260 g/mol. The smallest absolute Gasteiger partial charge is 0.226 e. The van der Waals surface area contributed by atoms with Crippen molar-refractivity contribution in [3.05, 3.63) is 34.9 Å². The zero-order valence-corrected chi connectivity index (χ0v) is 11.6. The van der Waals surface area contributed by atoms with Crippen LogP contribution in [-0.4, -0.2) is 29.9 Å². The molecule has 2 aliphatic rings. The molecule has 0 aromatic heterocycles. The molecule has 0 radical (unpaired) electrons. The van der Waals surface area contributed by atoms with E-state index >= 15 is 0 Å². The SMILES string of the molecule is NC1CCN(C(=O)[C@H]2C[C@H]2c2ccccc2Cl)CC1. The zero-order valence-electron chi connectivity index (χ0n) is 10.9. The molecule has 2 atom stereocenters. The van der Waals surface area contributed by atoms with E-state index < -0.39 is 0 Å². The second-order valence-corrected chi connectivity index (χ2v) is 6.04. The fourth-order valence-electron chi connectivity index (χ4n) is 2.94. The molecule has 1 aromatic carbocycles. The van der Waals surface area contributed by atoms with Gasteiger partial charge in [-0.05, 0) is 36.8 Å². The summed E-state index contributed by atoms with van der Waals surface area (Å²) < 4.78 is 0. The van der Waals surface area contributed by atoms with E-state index in [1.165, 1.54) is 0 Å². The normalized spacial score (nSPS) is 27.4. The molecule has 102 valence electrons. The van der Waals surface area contributed by atoms with E-state index in [1.807, 2.05) is 29.2 Å². The van der Waals surface area contributed by atoms with Crippen LogP contribution in [0.2, 0.25) is 5.02 Å². The van der Waals surface area contributed by atoms with Crippen molar-refractivity contribution in [2.75, 3.05) is 13.1 Å². The van der Waals surface area contributed by atoms with E-state index in [0.717, 1.165) is 42.9 Å². The van der Waals surface area contributed by atoms with Crippen LogP contribution in [0, 0.1) is 5.92 Å². The highest BCUT2D eigenvalue weighted by Gasteiger charge is 2.46. The van der Waals surface area contributed by atoms with Gasteiger partial charge in [0, 0.05) is 30.1 Å². The molecule has 19 heavy (non-hydrogen) atoms. The highest BCUT2D eigenvalue weighted by Crippen LogP contribution is 2.50. The Bertz CT molecular complexity index is 483. The highest BCUT2D eigenvalue weighted by atomic mass is 35.5. The van der Waals surface area contributed by atoms with Crippen LogP contribution in [0.5, 0.6) is 0 Å². The van der Waals surface area contributed by atoms with Gasteiger partial charge >= 0.3 is 0 Å².